The summed E-state index contributed by atoms with van der Waals surface area (Å²) >= 11 is 1.65. The number of ether oxygens (including phenoxy) is 1. The predicted molar refractivity (Wildman–Crippen MR) is 114 cm³/mol. The third-order valence-corrected chi connectivity index (χ3v) is 6.61. The predicted octanol–water partition coefficient (Wildman–Crippen LogP) is 2.89. The van der Waals surface area contributed by atoms with E-state index in [4.69, 9.17) is 10.5 Å². The van der Waals surface area contributed by atoms with Gasteiger partial charge in [0.15, 0.2) is 12.4 Å². The van der Waals surface area contributed by atoms with E-state index in [1.54, 1.807) is 28.2 Å². The van der Waals surface area contributed by atoms with Crippen LogP contribution in [0.5, 0.6) is 0 Å². The molecule has 0 unspecified atom stereocenters. The number of hydrogen-bond donors (Lipinski definition) is 3. The summed E-state index contributed by atoms with van der Waals surface area (Å²) in [5.41, 5.74) is 7.27. The molecule has 5 rings (SSSR count). The Bertz CT molecular complexity index is 1210. The molecule has 4 aromatic rings. The SMILES string of the molecule is CNc1ccc2sc(CC[C@H]3O[C@@H](n4ccc5c(N)ncnc54)[C@@H](F)[C@@H]3O)cc2n1. The highest BCUT2D eigenvalue weighted by Crippen LogP contribution is 2.37. The van der Waals surface area contributed by atoms with Crippen LogP contribution in [0.25, 0.3) is 21.3 Å². The highest BCUT2D eigenvalue weighted by atomic mass is 32.1. The lowest BCUT2D eigenvalue weighted by molar-refractivity contribution is -0.0254. The van der Waals surface area contributed by atoms with E-state index >= 15 is 0 Å². The Morgan fingerprint density at radius 1 is 1.33 bits per heavy atom. The molecule has 4 N–H and O–H groups in total. The van der Waals surface area contributed by atoms with E-state index in [9.17, 15) is 9.50 Å². The Morgan fingerprint density at radius 3 is 3.03 bits per heavy atom. The number of thiophene rings is 1. The van der Waals surface area contributed by atoms with Gasteiger partial charge >= 0.3 is 0 Å². The number of aliphatic hydroxyl groups excluding tert-OH is 1. The largest absolute Gasteiger partial charge is 0.387 e. The fourth-order valence-electron chi connectivity index (χ4n) is 3.88. The van der Waals surface area contributed by atoms with Gasteiger partial charge in [0.2, 0.25) is 0 Å². The highest BCUT2D eigenvalue weighted by molar-refractivity contribution is 7.19. The van der Waals surface area contributed by atoms with Crippen LogP contribution in [0.15, 0.2) is 36.8 Å². The van der Waals surface area contributed by atoms with Crippen LogP contribution >= 0.6 is 11.3 Å². The second-order valence-electron chi connectivity index (χ2n) is 7.30. The first-order valence-corrected chi connectivity index (χ1v) is 10.5. The number of hydrogen-bond acceptors (Lipinski definition) is 8. The Kier molecular flexibility index (Phi) is 4.76. The second-order valence-corrected chi connectivity index (χ2v) is 8.47. The van der Waals surface area contributed by atoms with Crippen molar-refractivity contribution >= 4 is 44.2 Å². The first kappa shape index (κ1) is 19.2. The van der Waals surface area contributed by atoms with Crippen LogP contribution in [0.3, 0.4) is 0 Å². The van der Waals surface area contributed by atoms with Gasteiger partial charge in [-0.1, -0.05) is 0 Å². The molecule has 10 heteroatoms. The zero-order valence-electron chi connectivity index (χ0n) is 16.2. The van der Waals surface area contributed by atoms with Crippen LogP contribution in [0.1, 0.15) is 17.5 Å². The minimum atomic E-state index is -1.57. The van der Waals surface area contributed by atoms with Crippen molar-refractivity contribution in [3.05, 3.63) is 41.7 Å². The Labute approximate surface area is 175 Å². The first-order chi connectivity index (χ1) is 14.5. The molecule has 4 atom stereocenters. The molecule has 0 amide bonds. The molecule has 8 nitrogen and oxygen atoms in total. The lowest BCUT2D eigenvalue weighted by Gasteiger charge is -2.16. The molecule has 5 heterocycles. The second kappa shape index (κ2) is 7.46. The Hall–Kier alpha value is -2.82. The standard InChI is InChI=1S/C20H21FN6O2S/c1-23-15-5-4-14-12(26-15)8-10(30-14)2-3-13-17(28)16(21)20(29-13)27-7-6-11-18(22)24-9-25-19(11)27/h4-9,13,16-17,20,28H,2-3H2,1H3,(H,23,26)(H2,22,24,25)/t13-,16+,17-,20-/m1/s1. The lowest BCUT2D eigenvalue weighted by Crippen LogP contribution is -2.28. The minimum absolute atomic E-state index is 0.323. The number of nitrogen functional groups attached to an aromatic ring is 1. The maximum Gasteiger partial charge on any atom is 0.173 e. The molecular formula is C20H21FN6O2S. The summed E-state index contributed by atoms with van der Waals surface area (Å²) in [5, 5.41) is 14.1. The van der Waals surface area contributed by atoms with Gasteiger partial charge < -0.3 is 25.5 Å². The molecule has 1 saturated heterocycles. The van der Waals surface area contributed by atoms with E-state index in [0.717, 1.165) is 20.9 Å². The fraction of sp³-hybridized carbons (Fsp3) is 0.350. The zero-order valence-corrected chi connectivity index (χ0v) is 17.0. The third kappa shape index (κ3) is 3.17. The third-order valence-electron chi connectivity index (χ3n) is 5.46. The molecule has 0 bridgehead atoms. The topological polar surface area (TPSA) is 111 Å². The van der Waals surface area contributed by atoms with Gasteiger partial charge in [0.05, 0.1) is 21.7 Å². The number of nitrogens with one attached hydrogen (secondary N) is 1. The Morgan fingerprint density at radius 2 is 2.20 bits per heavy atom. The highest BCUT2D eigenvalue weighted by Gasteiger charge is 2.45. The fourth-order valence-corrected chi connectivity index (χ4v) is 4.90. The Balaban J connectivity index is 1.33. The van der Waals surface area contributed by atoms with Gasteiger partial charge in [0.25, 0.3) is 0 Å². The van der Waals surface area contributed by atoms with Crippen LogP contribution in [0, 0.1) is 0 Å². The van der Waals surface area contributed by atoms with Crippen molar-refractivity contribution in [2.45, 2.75) is 37.4 Å². The lowest BCUT2D eigenvalue weighted by atomic mass is 10.1. The van der Waals surface area contributed by atoms with Gasteiger partial charge in [-0.3, -0.25) is 0 Å². The summed E-state index contributed by atoms with van der Waals surface area (Å²) in [6, 6.07) is 7.72. The van der Waals surface area contributed by atoms with Gasteiger partial charge in [0.1, 0.15) is 29.7 Å². The van der Waals surface area contributed by atoms with E-state index in [2.05, 4.69) is 20.3 Å². The molecule has 0 aromatic carbocycles. The van der Waals surface area contributed by atoms with E-state index in [0.29, 0.717) is 29.7 Å². The number of aryl methyl sites for hydroxylation is 1. The maximum atomic E-state index is 14.9. The number of alkyl halides is 1. The molecule has 156 valence electrons. The monoisotopic (exact) mass is 428 g/mol. The van der Waals surface area contributed by atoms with Crippen molar-refractivity contribution in [1.82, 2.24) is 19.5 Å². The normalized spacial score (nSPS) is 24.1. The quantitative estimate of drug-likeness (QED) is 0.448. The summed E-state index contributed by atoms with van der Waals surface area (Å²) in [6.45, 7) is 0. The average molecular weight is 428 g/mol. The number of nitrogens with zero attached hydrogens (tertiary/aromatic N) is 4. The number of aromatic nitrogens is 4. The number of halogens is 1. The number of anilines is 2. The van der Waals surface area contributed by atoms with Gasteiger partial charge in [-0.25, -0.2) is 19.3 Å². The van der Waals surface area contributed by atoms with Crippen LogP contribution in [-0.4, -0.2) is 50.1 Å². The maximum absolute atomic E-state index is 14.9. The number of pyridine rings is 1. The van der Waals surface area contributed by atoms with Gasteiger partial charge in [-0.05, 0) is 37.1 Å². The summed E-state index contributed by atoms with van der Waals surface area (Å²) in [5.74, 6) is 1.14. The van der Waals surface area contributed by atoms with Gasteiger partial charge in [-0.15, -0.1) is 11.3 Å². The number of aliphatic hydroxyl groups is 1. The average Bonchev–Trinajstić information content (AvgIpc) is 3.43. The van der Waals surface area contributed by atoms with Crippen molar-refractivity contribution < 1.29 is 14.2 Å². The molecule has 4 aromatic heterocycles. The number of rotatable bonds is 5. The van der Waals surface area contributed by atoms with Crippen molar-refractivity contribution in [3.63, 3.8) is 0 Å². The van der Waals surface area contributed by atoms with E-state index in [1.165, 1.54) is 6.33 Å². The molecule has 1 aliphatic rings. The van der Waals surface area contributed by atoms with E-state index in [-0.39, 0.29) is 0 Å². The summed E-state index contributed by atoms with van der Waals surface area (Å²) in [6.07, 6.45) is -0.192. The van der Waals surface area contributed by atoms with Crippen LogP contribution in [0.4, 0.5) is 16.0 Å². The van der Waals surface area contributed by atoms with E-state index < -0.39 is 24.6 Å². The molecule has 0 spiro atoms. The number of fused-ring (bicyclic) bond motifs is 2. The van der Waals surface area contributed by atoms with Crippen molar-refractivity contribution in [3.8, 4) is 0 Å². The van der Waals surface area contributed by atoms with Gasteiger partial charge in [0, 0.05) is 18.1 Å². The zero-order chi connectivity index (χ0) is 20.8. The molecule has 0 saturated carbocycles. The molecule has 1 aliphatic heterocycles. The summed E-state index contributed by atoms with van der Waals surface area (Å²) in [7, 11) is 1.83. The molecule has 0 radical (unpaired) electrons. The summed E-state index contributed by atoms with van der Waals surface area (Å²) < 4.78 is 23.5. The smallest absolute Gasteiger partial charge is 0.173 e. The molecular weight excluding hydrogens is 407 g/mol. The van der Waals surface area contributed by atoms with E-state index in [1.807, 2.05) is 25.2 Å². The summed E-state index contributed by atoms with van der Waals surface area (Å²) in [4.78, 5) is 13.8. The van der Waals surface area contributed by atoms with Crippen LogP contribution < -0.4 is 11.1 Å². The first-order valence-electron chi connectivity index (χ1n) is 9.67. The van der Waals surface area contributed by atoms with Crippen molar-refractivity contribution in [2.75, 3.05) is 18.1 Å². The number of nitrogens with two attached hydrogens (primary N) is 1. The van der Waals surface area contributed by atoms with Gasteiger partial charge in [-0.2, -0.15) is 0 Å². The van der Waals surface area contributed by atoms with Crippen LogP contribution in [-0.2, 0) is 11.2 Å². The molecule has 30 heavy (non-hydrogen) atoms. The van der Waals surface area contributed by atoms with Crippen molar-refractivity contribution in [2.24, 2.45) is 0 Å². The van der Waals surface area contributed by atoms with Crippen molar-refractivity contribution in [1.29, 1.82) is 0 Å². The molecule has 1 fully saturated rings. The molecule has 0 aliphatic carbocycles. The minimum Gasteiger partial charge on any atom is -0.387 e. The van der Waals surface area contributed by atoms with Crippen LogP contribution in [0.2, 0.25) is 0 Å².